The molecule has 0 bridgehead atoms. The predicted molar refractivity (Wildman–Crippen MR) is 58.0 cm³/mol. The second-order valence-electron chi connectivity index (χ2n) is 4.55. The quantitative estimate of drug-likeness (QED) is 0.693. The van der Waals surface area contributed by atoms with Crippen LogP contribution < -0.4 is 0 Å². The van der Waals surface area contributed by atoms with E-state index in [4.69, 9.17) is 5.26 Å². The lowest BCUT2D eigenvalue weighted by Gasteiger charge is -2.30. The van der Waals surface area contributed by atoms with E-state index in [2.05, 4.69) is 35.2 Å². The van der Waals surface area contributed by atoms with Crippen molar-refractivity contribution in [3.8, 4) is 6.07 Å². The Kier molecular flexibility index (Phi) is 1.83. The molecule has 76 valence electrons. The molecule has 1 aromatic rings. The third-order valence-electron chi connectivity index (χ3n) is 3.88. The van der Waals surface area contributed by atoms with Crippen LogP contribution in [0.15, 0.2) is 24.3 Å². The van der Waals surface area contributed by atoms with E-state index in [1.807, 2.05) is 0 Å². The van der Waals surface area contributed by atoms with Gasteiger partial charge < -0.3 is 0 Å². The van der Waals surface area contributed by atoms with Crippen molar-refractivity contribution >= 4 is 0 Å². The van der Waals surface area contributed by atoms with Crippen LogP contribution in [0.1, 0.15) is 30.4 Å². The van der Waals surface area contributed by atoms with Crippen LogP contribution in [-0.2, 0) is 12.1 Å². The van der Waals surface area contributed by atoms with E-state index in [9.17, 15) is 0 Å². The van der Waals surface area contributed by atoms with Gasteiger partial charge in [0, 0.05) is 6.54 Å². The molecular weight excluding hydrogens is 184 g/mol. The molecule has 1 saturated heterocycles. The van der Waals surface area contributed by atoms with Crippen molar-refractivity contribution in [2.24, 2.45) is 0 Å². The summed E-state index contributed by atoms with van der Waals surface area (Å²) in [5.41, 5.74) is 2.89. The van der Waals surface area contributed by atoms with Crippen molar-refractivity contribution in [3.63, 3.8) is 0 Å². The smallest absolute Gasteiger partial charge is 0.0644 e. The first-order valence-corrected chi connectivity index (χ1v) is 5.57. The maximum atomic E-state index is 9.02. The van der Waals surface area contributed by atoms with Gasteiger partial charge in [0.15, 0.2) is 0 Å². The van der Waals surface area contributed by atoms with Crippen LogP contribution >= 0.6 is 0 Å². The van der Waals surface area contributed by atoms with E-state index in [1.165, 1.54) is 17.5 Å². The molecule has 0 spiro atoms. The lowest BCUT2D eigenvalue weighted by atomic mass is 9.85. The fourth-order valence-electron chi connectivity index (χ4n) is 3.21. The highest BCUT2D eigenvalue weighted by Gasteiger charge is 2.47. The number of nitriles is 1. The topological polar surface area (TPSA) is 27.0 Å². The molecule has 1 fully saturated rings. The standard InChI is InChI=1S/C13H14N2/c14-8-7-13-6-3-9-15(13)10-11-4-1-2-5-12(11)13/h1-2,4-5H,3,6-7,9-10H2. The summed E-state index contributed by atoms with van der Waals surface area (Å²) in [5, 5.41) is 9.02. The van der Waals surface area contributed by atoms with Crippen LogP contribution in [0.25, 0.3) is 0 Å². The highest BCUT2D eigenvalue weighted by molar-refractivity contribution is 5.40. The van der Waals surface area contributed by atoms with Gasteiger partial charge in [-0.05, 0) is 30.5 Å². The van der Waals surface area contributed by atoms with Gasteiger partial charge in [0.25, 0.3) is 0 Å². The van der Waals surface area contributed by atoms with Crippen molar-refractivity contribution < 1.29 is 0 Å². The Morgan fingerprint density at radius 3 is 3.13 bits per heavy atom. The van der Waals surface area contributed by atoms with Gasteiger partial charge in [0.05, 0.1) is 18.0 Å². The van der Waals surface area contributed by atoms with Crippen LogP contribution in [0.5, 0.6) is 0 Å². The van der Waals surface area contributed by atoms with E-state index in [0.29, 0.717) is 6.42 Å². The molecule has 2 heterocycles. The number of rotatable bonds is 1. The number of nitrogens with zero attached hydrogens (tertiary/aromatic N) is 2. The highest BCUT2D eigenvalue weighted by atomic mass is 15.2. The first kappa shape index (κ1) is 8.94. The van der Waals surface area contributed by atoms with Gasteiger partial charge in [-0.25, -0.2) is 0 Å². The molecule has 0 saturated carbocycles. The van der Waals surface area contributed by atoms with Crippen LogP contribution in [0.2, 0.25) is 0 Å². The van der Waals surface area contributed by atoms with E-state index in [-0.39, 0.29) is 5.54 Å². The second kappa shape index (κ2) is 3.08. The summed E-state index contributed by atoms with van der Waals surface area (Å²) < 4.78 is 0. The average Bonchev–Trinajstić information content (AvgIpc) is 2.74. The van der Waals surface area contributed by atoms with Gasteiger partial charge in [0.2, 0.25) is 0 Å². The molecule has 0 aliphatic carbocycles. The minimum Gasteiger partial charge on any atom is -0.288 e. The molecule has 0 radical (unpaired) electrons. The Hall–Kier alpha value is -1.33. The summed E-state index contributed by atoms with van der Waals surface area (Å²) in [7, 11) is 0. The van der Waals surface area contributed by atoms with Gasteiger partial charge in [-0.1, -0.05) is 24.3 Å². The lowest BCUT2D eigenvalue weighted by molar-refractivity contribution is 0.161. The van der Waals surface area contributed by atoms with Crippen molar-refractivity contribution in [3.05, 3.63) is 35.4 Å². The van der Waals surface area contributed by atoms with Crippen molar-refractivity contribution in [2.45, 2.75) is 31.3 Å². The van der Waals surface area contributed by atoms with Gasteiger partial charge in [-0.2, -0.15) is 5.26 Å². The fourth-order valence-corrected chi connectivity index (χ4v) is 3.21. The molecule has 1 atom stereocenters. The molecule has 0 N–H and O–H groups in total. The Balaban J connectivity index is 2.13. The third-order valence-corrected chi connectivity index (χ3v) is 3.88. The van der Waals surface area contributed by atoms with Gasteiger partial charge in [-0.3, -0.25) is 4.90 Å². The summed E-state index contributed by atoms with van der Waals surface area (Å²) in [6.07, 6.45) is 3.03. The summed E-state index contributed by atoms with van der Waals surface area (Å²) in [6.45, 7) is 2.19. The molecule has 3 rings (SSSR count). The Morgan fingerprint density at radius 1 is 1.40 bits per heavy atom. The van der Waals surface area contributed by atoms with Gasteiger partial charge in [0.1, 0.15) is 0 Å². The average molecular weight is 198 g/mol. The summed E-state index contributed by atoms with van der Waals surface area (Å²) >= 11 is 0. The van der Waals surface area contributed by atoms with E-state index < -0.39 is 0 Å². The second-order valence-corrected chi connectivity index (χ2v) is 4.55. The number of fused-ring (bicyclic) bond motifs is 3. The largest absolute Gasteiger partial charge is 0.288 e. The SMILES string of the molecule is N#CCC12CCCN1Cc1ccccc12. The fraction of sp³-hybridized carbons (Fsp3) is 0.462. The molecule has 2 aliphatic heterocycles. The summed E-state index contributed by atoms with van der Waals surface area (Å²) in [6, 6.07) is 11.0. The molecule has 0 aromatic heterocycles. The first-order chi connectivity index (χ1) is 7.37. The summed E-state index contributed by atoms with van der Waals surface area (Å²) in [5.74, 6) is 0. The normalized spacial score (nSPS) is 28.5. The zero-order valence-corrected chi connectivity index (χ0v) is 8.74. The molecule has 15 heavy (non-hydrogen) atoms. The first-order valence-electron chi connectivity index (χ1n) is 5.57. The zero-order chi connectivity index (χ0) is 10.3. The molecule has 2 nitrogen and oxygen atoms in total. The van der Waals surface area contributed by atoms with Crippen molar-refractivity contribution in [1.82, 2.24) is 4.90 Å². The van der Waals surface area contributed by atoms with E-state index in [0.717, 1.165) is 19.5 Å². The lowest BCUT2D eigenvalue weighted by Crippen LogP contribution is -2.34. The van der Waals surface area contributed by atoms with E-state index >= 15 is 0 Å². The van der Waals surface area contributed by atoms with Crippen molar-refractivity contribution in [1.29, 1.82) is 5.26 Å². The van der Waals surface area contributed by atoms with E-state index in [1.54, 1.807) is 0 Å². The Bertz CT molecular complexity index is 432. The van der Waals surface area contributed by atoms with Crippen LogP contribution in [-0.4, -0.2) is 11.4 Å². The number of hydrogen-bond donors (Lipinski definition) is 0. The maximum Gasteiger partial charge on any atom is 0.0644 e. The molecule has 1 unspecified atom stereocenters. The Morgan fingerprint density at radius 2 is 2.27 bits per heavy atom. The van der Waals surface area contributed by atoms with Crippen LogP contribution in [0, 0.1) is 11.3 Å². The maximum absolute atomic E-state index is 9.02. The molecule has 0 amide bonds. The minimum atomic E-state index is 0.0609. The number of hydrogen-bond acceptors (Lipinski definition) is 2. The molecular formula is C13H14N2. The monoisotopic (exact) mass is 198 g/mol. The van der Waals surface area contributed by atoms with Gasteiger partial charge >= 0.3 is 0 Å². The van der Waals surface area contributed by atoms with Crippen LogP contribution in [0.4, 0.5) is 0 Å². The van der Waals surface area contributed by atoms with Gasteiger partial charge in [-0.15, -0.1) is 0 Å². The third kappa shape index (κ3) is 1.07. The van der Waals surface area contributed by atoms with Crippen LogP contribution in [0.3, 0.4) is 0 Å². The zero-order valence-electron chi connectivity index (χ0n) is 8.74. The Labute approximate surface area is 90.1 Å². The summed E-state index contributed by atoms with van der Waals surface area (Å²) in [4.78, 5) is 2.49. The molecule has 1 aromatic carbocycles. The highest BCUT2D eigenvalue weighted by Crippen LogP contribution is 2.48. The predicted octanol–water partition coefficient (Wildman–Crippen LogP) is 2.40. The number of benzene rings is 1. The van der Waals surface area contributed by atoms with Crippen molar-refractivity contribution in [2.75, 3.05) is 6.54 Å². The minimum absolute atomic E-state index is 0.0609. The molecule has 2 aliphatic rings. The molecule has 2 heteroatoms.